The van der Waals surface area contributed by atoms with Crippen LogP contribution in [0.1, 0.15) is 40.0 Å². The first kappa shape index (κ1) is 13.8. The number of carbonyl (C=O) groups excluding carboxylic acids is 1. The molecule has 0 aromatic heterocycles. The summed E-state index contributed by atoms with van der Waals surface area (Å²) in [6.45, 7) is 6.52. The van der Waals surface area contributed by atoms with Crippen molar-refractivity contribution in [2.24, 2.45) is 0 Å². The summed E-state index contributed by atoms with van der Waals surface area (Å²) in [5.74, 6) is -0.904. The van der Waals surface area contributed by atoms with Gasteiger partial charge in [0.05, 0.1) is 0 Å². The van der Waals surface area contributed by atoms with Gasteiger partial charge in [-0.05, 0) is 33.1 Å². The largest absolute Gasteiger partial charge is 0.480 e. The lowest BCUT2D eigenvalue weighted by atomic mass is 10.0. The molecule has 1 aliphatic rings. The van der Waals surface area contributed by atoms with Gasteiger partial charge < -0.3 is 14.9 Å². The van der Waals surface area contributed by atoms with Crippen molar-refractivity contribution >= 4 is 12.0 Å². The number of urea groups is 1. The third kappa shape index (κ3) is 2.70. The average Bonchev–Trinajstić information content (AvgIpc) is 2.75. The molecule has 98 valence electrons. The highest BCUT2D eigenvalue weighted by Crippen LogP contribution is 2.23. The van der Waals surface area contributed by atoms with Crippen molar-refractivity contribution in [2.45, 2.75) is 51.6 Å². The minimum atomic E-state index is -0.904. The predicted molar refractivity (Wildman–Crippen MR) is 64.9 cm³/mol. The van der Waals surface area contributed by atoms with E-state index in [9.17, 15) is 9.59 Å². The Morgan fingerprint density at radius 3 is 2.53 bits per heavy atom. The molecule has 0 aliphatic carbocycles. The molecule has 1 unspecified atom stereocenters. The molecule has 1 heterocycles. The van der Waals surface area contributed by atoms with Gasteiger partial charge in [0.2, 0.25) is 0 Å². The van der Waals surface area contributed by atoms with Crippen molar-refractivity contribution in [1.82, 2.24) is 9.80 Å². The van der Waals surface area contributed by atoms with E-state index >= 15 is 0 Å². The third-order valence-corrected chi connectivity index (χ3v) is 3.84. The molecule has 17 heavy (non-hydrogen) atoms. The molecular weight excluding hydrogens is 220 g/mol. The Hall–Kier alpha value is -1.26. The van der Waals surface area contributed by atoms with Gasteiger partial charge >= 0.3 is 12.0 Å². The van der Waals surface area contributed by atoms with Gasteiger partial charge in [-0.3, -0.25) is 0 Å². The van der Waals surface area contributed by atoms with Gasteiger partial charge in [0.25, 0.3) is 0 Å². The van der Waals surface area contributed by atoms with Crippen molar-refractivity contribution in [3.63, 3.8) is 0 Å². The van der Waals surface area contributed by atoms with Crippen LogP contribution in [0, 0.1) is 0 Å². The number of rotatable bonds is 3. The molecule has 0 bridgehead atoms. The number of hydrogen-bond donors (Lipinski definition) is 1. The lowest BCUT2D eigenvalue weighted by molar-refractivity contribution is -0.141. The topological polar surface area (TPSA) is 60.9 Å². The van der Waals surface area contributed by atoms with E-state index in [0.29, 0.717) is 13.0 Å². The van der Waals surface area contributed by atoms with E-state index in [1.54, 1.807) is 11.9 Å². The van der Waals surface area contributed by atoms with Crippen molar-refractivity contribution < 1.29 is 14.7 Å². The van der Waals surface area contributed by atoms with Crippen LogP contribution in [0.15, 0.2) is 0 Å². The summed E-state index contributed by atoms with van der Waals surface area (Å²) < 4.78 is 0. The molecule has 0 aromatic rings. The molecule has 1 saturated heterocycles. The molecule has 0 radical (unpaired) electrons. The van der Waals surface area contributed by atoms with Crippen LogP contribution < -0.4 is 0 Å². The van der Waals surface area contributed by atoms with Gasteiger partial charge in [-0.25, -0.2) is 9.59 Å². The standard InChI is InChI=1S/C12H22N2O3/c1-5-12(2,3)13(4)11(17)14-8-6-7-9(14)10(15)16/h9H,5-8H2,1-4H3,(H,15,16). The average molecular weight is 242 g/mol. The Morgan fingerprint density at radius 1 is 1.47 bits per heavy atom. The summed E-state index contributed by atoms with van der Waals surface area (Å²) in [6.07, 6.45) is 2.16. The molecule has 0 spiro atoms. The second kappa shape index (κ2) is 4.94. The first-order chi connectivity index (χ1) is 7.81. The monoisotopic (exact) mass is 242 g/mol. The van der Waals surface area contributed by atoms with Crippen LogP contribution in [0.2, 0.25) is 0 Å². The number of amides is 2. The summed E-state index contributed by atoms with van der Waals surface area (Å²) in [4.78, 5) is 26.4. The summed E-state index contributed by atoms with van der Waals surface area (Å²) in [5.41, 5.74) is -0.247. The van der Waals surface area contributed by atoms with Crippen LogP contribution in [0.5, 0.6) is 0 Å². The Morgan fingerprint density at radius 2 is 2.06 bits per heavy atom. The normalized spacial score (nSPS) is 20.5. The van der Waals surface area contributed by atoms with Crippen molar-refractivity contribution in [3.8, 4) is 0 Å². The first-order valence-corrected chi connectivity index (χ1v) is 6.08. The third-order valence-electron chi connectivity index (χ3n) is 3.84. The quantitative estimate of drug-likeness (QED) is 0.820. The zero-order valence-electron chi connectivity index (χ0n) is 11.1. The van der Waals surface area contributed by atoms with E-state index in [1.165, 1.54) is 4.90 Å². The second-order valence-electron chi connectivity index (χ2n) is 5.20. The van der Waals surface area contributed by atoms with Gasteiger partial charge in [0.15, 0.2) is 0 Å². The molecular formula is C12H22N2O3. The molecule has 5 heteroatoms. The number of aliphatic carboxylic acids is 1. The van der Waals surface area contributed by atoms with E-state index in [1.807, 2.05) is 20.8 Å². The fourth-order valence-electron chi connectivity index (χ4n) is 1.94. The minimum Gasteiger partial charge on any atom is -0.480 e. The van der Waals surface area contributed by atoms with Crippen LogP contribution in [0.3, 0.4) is 0 Å². The smallest absolute Gasteiger partial charge is 0.326 e. The maximum absolute atomic E-state index is 12.3. The van der Waals surface area contributed by atoms with Crippen molar-refractivity contribution in [2.75, 3.05) is 13.6 Å². The Bertz CT molecular complexity index is 315. The van der Waals surface area contributed by atoms with Gasteiger partial charge in [0, 0.05) is 19.1 Å². The van der Waals surface area contributed by atoms with Crippen LogP contribution in [-0.4, -0.2) is 52.1 Å². The van der Waals surface area contributed by atoms with Crippen molar-refractivity contribution in [3.05, 3.63) is 0 Å². The molecule has 0 aromatic carbocycles. The van der Waals surface area contributed by atoms with E-state index < -0.39 is 12.0 Å². The van der Waals surface area contributed by atoms with Gasteiger partial charge in [-0.15, -0.1) is 0 Å². The first-order valence-electron chi connectivity index (χ1n) is 6.08. The molecule has 0 saturated carbocycles. The number of nitrogens with zero attached hydrogens (tertiary/aromatic N) is 2. The number of carboxylic acids is 1. The number of carboxylic acid groups (broad SMARTS) is 1. The maximum Gasteiger partial charge on any atom is 0.326 e. The Labute approximate surface area is 102 Å². The predicted octanol–water partition coefficient (Wildman–Crippen LogP) is 1.78. The highest BCUT2D eigenvalue weighted by Gasteiger charge is 2.38. The number of hydrogen-bond acceptors (Lipinski definition) is 2. The summed E-state index contributed by atoms with van der Waals surface area (Å²) in [7, 11) is 1.74. The summed E-state index contributed by atoms with van der Waals surface area (Å²) in [5, 5.41) is 9.06. The van der Waals surface area contributed by atoms with E-state index in [4.69, 9.17) is 5.11 Å². The second-order valence-corrected chi connectivity index (χ2v) is 5.20. The van der Waals surface area contributed by atoms with E-state index in [2.05, 4.69) is 0 Å². The summed E-state index contributed by atoms with van der Waals surface area (Å²) >= 11 is 0. The Kier molecular flexibility index (Phi) is 4.01. The van der Waals surface area contributed by atoms with Crippen molar-refractivity contribution in [1.29, 1.82) is 0 Å². The van der Waals surface area contributed by atoms with Gasteiger partial charge in [-0.2, -0.15) is 0 Å². The van der Waals surface area contributed by atoms with Crippen LogP contribution in [0.25, 0.3) is 0 Å². The van der Waals surface area contributed by atoms with Crippen LogP contribution in [0.4, 0.5) is 4.79 Å². The molecule has 1 rings (SSSR count). The summed E-state index contributed by atoms with van der Waals surface area (Å²) in [6, 6.07) is -0.834. The zero-order valence-corrected chi connectivity index (χ0v) is 11.1. The zero-order chi connectivity index (χ0) is 13.2. The van der Waals surface area contributed by atoms with E-state index in [-0.39, 0.29) is 11.6 Å². The van der Waals surface area contributed by atoms with E-state index in [0.717, 1.165) is 12.8 Å². The molecule has 5 nitrogen and oxygen atoms in total. The molecule has 1 fully saturated rings. The molecule has 1 N–H and O–H groups in total. The Balaban J connectivity index is 2.79. The molecule has 1 aliphatic heterocycles. The lowest BCUT2D eigenvalue weighted by Crippen LogP contribution is -2.53. The van der Waals surface area contributed by atoms with Crippen LogP contribution >= 0.6 is 0 Å². The highest BCUT2D eigenvalue weighted by molar-refractivity contribution is 5.83. The van der Waals surface area contributed by atoms with Crippen LogP contribution in [-0.2, 0) is 4.79 Å². The maximum atomic E-state index is 12.3. The minimum absolute atomic E-state index is 0.179. The SMILES string of the molecule is CCC(C)(C)N(C)C(=O)N1CCCC1C(=O)O. The van der Waals surface area contributed by atoms with Gasteiger partial charge in [0.1, 0.15) is 6.04 Å². The lowest BCUT2D eigenvalue weighted by Gasteiger charge is -2.38. The number of likely N-dealkylation sites (tertiary alicyclic amines) is 1. The van der Waals surface area contributed by atoms with Gasteiger partial charge in [-0.1, -0.05) is 6.92 Å². The molecule has 2 amide bonds. The molecule has 1 atom stereocenters. The highest BCUT2D eigenvalue weighted by atomic mass is 16.4. The fraction of sp³-hybridized carbons (Fsp3) is 0.833. The fourth-order valence-corrected chi connectivity index (χ4v) is 1.94. The number of carbonyl (C=O) groups is 2.